The van der Waals surface area contributed by atoms with Gasteiger partial charge in [0.1, 0.15) is 11.8 Å². The smallest absolute Gasteiger partial charge is 0.326 e. The summed E-state index contributed by atoms with van der Waals surface area (Å²) in [4.78, 5) is 13.2. The summed E-state index contributed by atoms with van der Waals surface area (Å²) < 4.78 is 0. The third kappa shape index (κ3) is 3.29. The first-order valence-corrected chi connectivity index (χ1v) is 6.36. The van der Waals surface area contributed by atoms with E-state index in [-0.39, 0.29) is 5.75 Å². The molecule has 0 amide bonds. The number of carboxylic acid groups (broad SMARTS) is 1. The molecule has 0 aliphatic rings. The number of phenols is 1. The minimum atomic E-state index is -0.871. The van der Waals surface area contributed by atoms with Gasteiger partial charge < -0.3 is 15.1 Å². The van der Waals surface area contributed by atoms with E-state index in [9.17, 15) is 15.0 Å². The number of likely N-dealkylation sites (N-methyl/N-ethyl adjacent to an activating group) is 1. The Bertz CT molecular complexity index is 566. The van der Waals surface area contributed by atoms with Crippen LogP contribution >= 0.6 is 0 Å². The lowest BCUT2D eigenvalue weighted by molar-refractivity contribution is -0.138. The minimum absolute atomic E-state index is 0.178. The van der Waals surface area contributed by atoms with Crippen LogP contribution in [0.1, 0.15) is 5.56 Å². The number of aromatic hydroxyl groups is 1. The lowest BCUT2D eigenvalue weighted by Crippen LogP contribution is -2.40. The third-order valence-corrected chi connectivity index (χ3v) is 3.28. The van der Waals surface area contributed by atoms with Crippen LogP contribution in [0.3, 0.4) is 0 Å². The molecular weight excluding hydrogens is 254 g/mol. The summed E-state index contributed by atoms with van der Waals surface area (Å²) in [6, 6.07) is 15.4. The minimum Gasteiger partial charge on any atom is -0.508 e. The molecule has 20 heavy (non-hydrogen) atoms. The molecule has 2 aromatic rings. The number of rotatable bonds is 5. The number of para-hydroxylation sites is 1. The van der Waals surface area contributed by atoms with Gasteiger partial charge in [0.2, 0.25) is 0 Å². The Morgan fingerprint density at radius 1 is 1.10 bits per heavy atom. The number of hydrogen-bond acceptors (Lipinski definition) is 3. The van der Waals surface area contributed by atoms with Crippen molar-refractivity contribution in [3.05, 3.63) is 60.2 Å². The van der Waals surface area contributed by atoms with Gasteiger partial charge in [-0.25, -0.2) is 4.79 Å². The lowest BCUT2D eigenvalue weighted by atomic mass is 10.0. The maximum atomic E-state index is 11.5. The van der Waals surface area contributed by atoms with Gasteiger partial charge in [-0.1, -0.05) is 30.3 Å². The number of carbonyl (C=O) groups is 1. The second-order valence-electron chi connectivity index (χ2n) is 4.67. The number of phenolic OH excluding ortho intramolecular Hbond substituents is 1. The van der Waals surface area contributed by atoms with Gasteiger partial charge in [-0.15, -0.1) is 0 Å². The molecule has 0 radical (unpaired) electrons. The molecule has 2 N–H and O–H groups in total. The molecule has 0 fully saturated rings. The number of anilines is 1. The van der Waals surface area contributed by atoms with Crippen LogP contribution in [0.5, 0.6) is 5.75 Å². The topological polar surface area (TPSA) is 60.8 Å². The largest absolute Gasteiger partial charge is 0.508 e. The molecule has 1 atom stereocenters. The standard InChI is InChI=1S/C16H17NO3/c1-17(13-5-3-2-4-6-13)15(16(19)20)11-12-7-9-14(18)10-8-12/h2-10,15,18H,11H2,1H3,(H,19,20)/t15-/m0/s1. The van der Waals surface area contributed by atoms with Crippen LogP contribution in [0.25, 0.3) is 0 Å². The normalized spacial score (nSPS) is 11.8. The predicted molar refractivity (Wildman–Crippen MR) is 78.1 cm³/mol. The highest BCUT2D eigenvalue weighted by Crippen LogP contribution is 2.18. The maximum Gasteiger partial charge on any atom is 0.326 e. The molecule has 2 rings (SSSR count). The SMILES string of the molecule is CN(c1ccccc1)[C@@H](Cc1ccc(O)cc1)C(=O)O. The number of hydrogen-bond donors (Lipinski definition) is 2. The van der Waals surface area contributed by atoms with Gasteiger partial charge in [0.25, 0.3) is 0 Å². The first-order chi connectivity index (χ1) is 9.58. The maximum absolute atomic E-state index is 11.5. The van der Waals surface area contributed by atoms with Gasteiger partial charge in [-0.3, -0.25) is 0 Å². The Labute approximate surface area is 117 Å². The molecule has 0 aromatic heterocycles. The monoisotopic (exact) mass is 271 g/mol. The Morgan fingerprint density at radius 2 is 1.70 bits per heavy atom. The summed E-state index contributed by atoms with van der Waals surface area (Å²) in [5.41, 5.74) is 1.73. The van der Waals surface area contributed by atoms with Gasteiger partial charge in [-0.05, 0) is 29.8 Å². The van der Waals surface area contributed by atoms with Gasteiger partial charge in [0, 0.05) is 19.2 Å². The molecule has 0 heterocycles. The van der Waals surface area contributed by atoms with Crippen molar-refractivity contribution in [2.75, 3.05) is 11.9 Å². The van der Waals surface area contributed by atoms with Crippen LogP contribution < -0.4 is 4.90 Å². The van der Waals surface area contributed by atoms with Crippen LogP contribution in [0.2, 0.25) is 0 Å². The highest BCUT2D eigenvalue weighted by Gasteiger charge is 2.23. The van der Waals surface area contributed by atoms with E-state index in [1.54, 1.807) is 36.2 Å². The Hall–Kier alpha value is -2.49. The van der Waals surface area contributed by atoms with Crippen molar-refractivity contribution in [1.82, 2.24) is 0 Å². The van der Waals surface area contributed by atoms with Crippen molar-refractivity contribution in [2.45, 2.75) is 12.5 Å². The van der Waals surface area contributed by atoms with Crippen LogP contribution in [-0.4, -0.2) is 29.3 Å². The van der Waals surface area contributed by atoms with Crippen molar-refractivity contribution in [2.24, 2.45) is 0 Å². The van der Waals surface area contributed by atoms with Crippen LogP contribution in [-0.2, 0) is 11.2 Å². The van der Waals surface area contributed by atoms with E-state index in [1.165, 1.54) is 0 Å². The summed E-state index contributed by atoms with van der Waals surface area (Å²) >= 11 is 0. The van der Waals surface area contributed by atoms with Crippen molar-refractivity contribution in [3.63, 3.8) is 0 Å². The van der Waals surface area contributed by atoms with E-state index < -0.39 is 12.0 Å². The molecule has 104 valence electrons. The fourth-order valence-corrected chi connectivity index (χ4v) is 2.09. The molecule has 0 aliphatic carbocycles. The first-order valence-electron chi connectivity index (χ1n) is 6.36. The van der Waals surface area contributed by atoms with Gasteiger partial charge in [0.15, 0.2) is 0 Å². The van der Waals surface area contributed by atoms with Crippen molar-refractivity contribution in [3.8, 4) is 5.75 Å². The van der Waals surface area contributed by atoms with E-state index >= 15 is 0 Å². The molecule has 2 aromatic carbocycles. The predicted octanol–water partition coefficient (Wildman–Crippen LogP) is 2.52. The van der Waals surface area contributed by atoms with Crippen molar-refractivity contribution in [1.29, 1.82) is 0 Å². The lowest BCUT2D eigenvalue weighted by Gasteiger charge is -2.27. The second kappa shape index (κ2) is 6.10. The van der Waals surface area contributed by atoms with Crippen LogP contribution in [0.4, 0.5) is 5.69 Å². The number of nitrogens with zero attached hydrogens (tertiary/aromatic N) is 1. The average molecular weight is 271 g/mol. The first kappa shape index (κ1) is 13.9. The summed E-state index contributed by atoms with van der Waals surface area (Å²) in [5, 5.41) is 18.7. The third-order valence-electron chi connectivity index (χ3n) is 3.28. The molecule has 0 aliphatic heterocycles. The van der Waals surface area contributed by atoms with E-state index in [0.717, 1.165) is 11.3 Å². The number of aliphatic carboxylic acids is 1. The average Bonchev–Trinajstić information content (AvgIpc) is 2.46. The van der Waals surface area contributed by atoms with E-state index in [2.05, 4.69) is 0 Å². The zero-order valence-electron chi connectivity index (χ0n) is 11.2. The van der Waals surface area contributed by atoms with Crippen molar-refractivity contribution >= 4 is 11.7 Å². The van der Waals surface area contributed by atoms with E-state index in [4.69, 9.17) is 0 Å². The highest BCUT2D eigenvalue weighted by molar-refractivity contribution is 5.78. The van der Waals surface area contributed by atoms with E-state index in [1.807, 2.05) is 30.3 Å². The summed E-state index contributed by atoms with van der Waals surface area (Å²) in [5.74, 6) is -0.693. The van der Waals surface area contributed by atoms with Crippen molar-refractivity contribution < 1.29 is 15.0 Å². The fraction of sp³-hybridized carbons (Fsp3) is 0.188. The van der Waals surface area contributed by atoms with Crippen LogP contribution in [0, 0.1) is 0 Å². The Kier molecular flexibility index (Phi) is 4.25. The van der Waals surface area contributed by atoms with E-state index in [0.29, 0.717) is 6.42 Å². The molecule has 0 bridgehead atoms. The highest BCUT2D eigenvalue weighted by atomic mass is 16.4. The molecular formula is C16H17NO3. The molecule has 0 spiro atoms. The number of carboxylic acids is 1. The Morgan fingerprint density at radius 3 is 2.25 bits per heavy atom. The van der Waals surface area contributed by atoms with Gasteiger partial charge in [0.05, 0.1) is 0 Å². The molecule has 0 saturated carbocycles. The zero-order chi connectivity index (χ0) is 14.5. The fourth-order valence-electron chi connectivity index (χ4n) is 2.09. The van der Waals surface area contributed by atoms with Crippen LogP contribution in [0.15, 0.2) is 54.6 Å². The zero-order valence-corrected chi connectivity index (χ0v) is 11.2. The van der Waals surface area contributed by atoms with Gasteiger partial charge in [-0.2, -0.15) is 0 Å². The quantitative estimate of drug-likeness (QED) is 0.877. The van der Waals surface area contributed by atoms with Gasteiger partial charge >= 0.3 is 5.97 Å². The summed E-state index contributed by atoms with van der Waals surface area (Å²) in [7, 11) is 1.77. The summed E-state index contributed by atoms with van der Waals surface area (Å²) in [6.45, 7) is 0. The Balaban J connectivity index is 2.19. The number of benzene rings is 2. The second-order valence-corrected chi connectivity index (χ2v) is 4.67. The molecule has 4 heteroatoms. The summed E-state index contributed by atoms with van der Waals surface area (Å²) in [6.07, 6.45) is 0.376. The molecule has 4 nitrogen and oxygen atoms in total. The molecule has 0 unspecified atom stereocenters. The molecule has 0 saturated heterocycles.